The van der Waals surface area contributed by atoms with E-state index in [1.165, 1.54) is 19.4 Å². The van der Waals surface area contributed by atoms with Crippen LogP contribution in [0.25, 0.3) is 11.0 Å². The van der Waals surface area contributed by atoms with Crippen molar-refractivity contribution in [2.75, 3.05) is 38.8 Å². The first kappa shape index (κ1) is 31.2. The van der Waals surface area contributed by atoms with Gasteiger partial charge in [-0.05, 0) is 24.3 Å². The zero-order valence-corrected chi connectivity index (χ0v) is 25.3. The summed E-state index contributed by atoms with van der Waals surface area (Å²) in [7, 11) is 0.300. The third kappa shape index (κ3) is 8.56. The van der Waals surface area contributed by atoms with Crippen molar-refractivity contribution < 1.29 is 28.1 Å². The van der Waals surface area contributed by atoms with Gasteiger partial charge in [-0.1, -0.05) is 38.2 Å². The lowest BCUT2D eigenvalue weighted by molar-refractivity contribution is 0.0457. The number of nitrogens with zero attached hydrogens (tertiary/aromatic N) is 2. The number of aliphatic hydroxyl groups excluding tert-OH is 1. The summed E-state index contributed by atoms with van der Waals surface area (Å²) < 4.78 is 48.3. The molecule has 3 N–H and O–H groups in total. The monoisotopic (exact) mass is 600 g/mol. The summed E-state index contributed by atoms with van der Waals surface area (Å²) in [6, 6.07) is 4.66. The molecule has 0 fully saturated rings. The highest BCUT2D eigenvalue weighted by molar-refractivity contribution is 7.80. The summed E-state index contributed by atoms with van der Waals surface area (Å²) in [6.07, 6.45) is 3.13. The third-order valence-electron chi connectivity index (χ3n) is 5.92. The van der Waals surface area contributed by atoms with E-state index in [2.05, 4.69) is 35.3 Å². The van der Waals surface area contributed by atoms with Crippen LogP contribution in [0.2, 0.25) is 30.7 Å². The number of nitrogens with one attached hydrogen (secondary N) is 2. The molecule has 3 rings (SSSR count). The number of aromatic nitrogens is 2. The second-order valence-corrected chi connectivity index (χ2v) is 17.3. The molecule has 13 heteroatoms. The van der Waals surface area contributed by atoms with Gasteiger partial charge < -0.3 is 34.5 Å². The van der Waals surface area contributed by atoms with Crippen molar-refractivity contribution >= 4 is 53.7 Å². The van der Waals surface area contributed by atoms with Gasteiger partial charge in [0.25, 0.3) is 0 Å². The van der Waals surface area contributed by atoms with Gasteiger partial charge in [-0.2, -0.15) is 0 Å². The van der Waals surface area contributed by atoms with Crippen molar-refractivity contribution in [1.82, 2.24) is 14.9 Å². The molecule has 0 radical (unpaired) electrons. The third-order valence-corrected chi connectivity index (χ3v) is 8.16. The zero-order chi connectivity index (χ0) is 28.8. The molecule has 0 bridgehead atoms. The van der Waals surface area contributed by atoms with Crippen LogP contribution in [0.1, 0.15) is 6.92 Å². The highest BCUT2D eigenvalue weighted by Crippen LogP contribution is 2.37. The number of benzene rings is 1. The van der Waals surface area contributed by atoms with Crippen molar-refractivity contribution in [2.45, 2.75) is 39.3 Å². The molecule has 8 nitrogen and oxygen atoms in total. The van der Waals surface area contributed by atoms with Crippen LogP contribution in [0.5, 0.6) is 11.5 Å². The molecule has 39 heavy (non-hydrogen) atoms. The molecular weight excluding hydrogens is 566 g/mol. The predicted octanol–water partition coefficient (Wildman–Crippen LogP) is 6.00. The normalized spacial score (nSPS) is 13.4. The van der Waals surface area contributed by atoms with Crippen LogP contribution >= 0.6 is 23.8 Å². The van der Waals surface area contributed by atoms with Gasteiger partial charge in [0.15, 0.2) is 22.5 Å². The topological polar surface area (TPSA) is 89.8 Å². The Balaban J connectivity index is 1.73. The number of pyridine rings is 1. The molecular formula is C26H35ClF2N4O4SSi. The van der Waals surface area contributed by atoms with E-state index in [9.17, 15) is 13.9 Å². The Morgan fingerprint density at radius 2 is 1.95 bits per heavy atom. The summed E-state index contributed by atoms with van der Waals surface area (Å²) in [5.74, 6) is -2.30. The molecule has 214 valence electrons. The molecule has 0 aliphatic carbocycles. The average Bonchev–Trinajstić information content (AvgIpc) is 3.18. The minimum atomic E-state index is -1.23. The number of anilines is 1. The average molecular weight is 601 g/mol. The fourth-order valence-electron chi connectivity index (χ4n) is 3.67. The first-order chi connectivity index (χ1) is 18.4. The maximum atomic E-state index is 15.0. The van der Waals surface area contributed by atoms with Crippen molar-refractivity contribution in [3.05, 3.63) is 47.2 Å². The van der Waals surface area contributed by atoms with Gasteiger partial charge in [-0.3, -0.25) is 0 Å². The van der Waals surface area contributed by atoms with Crippen LogP contribution in [-0.4, -0.2) is 61.3 Å². The molecule has 0 aliphatic heterocycles. The largest absolute Gasteiger partial charge is 0.450 e. The predicted molar refractivity (Wildman–Crippen MR) is 157 cm³/mol. The van der Waals surface area contributed by atoms with Crippen LogP contribution in [-0.2, 0) is 16.2 Å². The van der Waals surface area contributed by atoms with Gasteiger partial charge in [-0.25, -0.2) is 13.8 Å². The second-order valence-electron chi connectivity index (χ2n) is 10.9. The number of thiocarbonyl (C=S) groups is 1. The van der Waals surface area contributed by atoms with Crippen molar-refractivity contribution in [3.63, 3.8) is 0 Å². The number of hydrogen-bond acceptors (Lipinski definition) is 6. The van der Waals surface area contributed by atoms with Gasteiger partial charge in [-0.15, -0.1) is 0 Å². The number of rotatable bonds is 13. The molecule has 0 saturated heterocycles. The quantitative estimate of drug-likeness (QED) is 0.125. The van der Waals surface area contributed by atoms with E-state index < -0.39 is 30.9 Å². The smallest absolute Gasteiger partial charge is 0.198 e. The van der Waals surface area contributed by atoms with E-state index >= 15 is 0 Å². The van der Waals surface area contributed by atoms with Crippen molar-refractivity contribution in [1.29, 1.82) is 0 Å². The molecule has 2 aromatic heterocycles. The number of fused-ring (bicyclic) bond motifs is 1. The Hall–Kier alpha value is -2.35. The van der Waals surface area contributed by atoms with E-state index in [0.29, 0.717) is 29.3 Å². The molecule has 0 amide bonds. The molecule has 0 aliphatic rings. The van der Waals surface area contributed by atoms with Gasteiger partial charge in [0.05, 0.1) is 23.6 Å². The van der Waals surface area contributed by atoms with Crippen LogP contribution in [0.4, 0.5) is 14.5 Å². The lowest BCUT2D eigenvalue weighted by Crippen LogP contribution is -2.42. The maximum absolute atomic E-state index is 15.0. The molecule has 0 saturated carbocycles. The van der Waals surface area contributed by atoms with E-state index in [1.807, 2.05) is 6.92 Å². The van der Waals surface area contributed by atoms with Crippen molar-refractivity contribution in [3.8, 4) is 11.5 Å². The second kappa shape index (κ2) is 13.3. The summed E-state index contributed by atoms with van der Waals surface area (Å²) in [4.78, 5) is 4.36. The van der Waals surface area contributed by atoms with E-state index in [4.69, 9.17) is 38.0 Å². The number of methoxy groups -OCH3 is 1. The first-order valence-corrected chi connectivity index (χ1v) is 16.9. The van der Waals surface area contributed by atoms with E-state index in [-0.39, 0.29) is 36.4 Å². The number of ether oxygens (including phenoxy) is 3. The summed E-state index contributed by atoms with van der Waals surface area (Å²) >= 11 is 11.7. The molecule has 1 atom stereocenters. The molecule has 3 aromatic rings. The minimum Gasteiger partial charge on any atom is -0.450 e. The number of hydrogen-bond donors (Lipinski definition) is 3. The molecule has 1 aromatic carbocycles. The zero-order valence-electron chi connectivity index (χ0n) is 22.7. The Kier molecular flexibility index (Phi) is 10.7. The van der Waals surface area contributed by atoms with Gasteiger partial charge >= 0.3 is 0 Å². The first-order valence-electron chi connectivity index (χ1n) is 12.4. The number of aliphatic hydroxyl groups is 1. The molecule has 2 heterocycles. The minimum absolute atomic E-state index is 0.0896. The van der Waals surface area contributed by atoms with Gasteiger partial charge in [0.2, 0.25) is 0 Å². The van der Waals surface area contributed by atoms with Gasteiger partial charge in [0.1, 0.15) is 18.1 Å². The standard InChI is InChI=1S/C26H35ClF2N4O4SSi/c1-26(14-34,15-35-2)13-31-25(38)32-17-10-19(28)23(20(29)11-17)37-21-6-7-30-24-22(21)18(27)12-33(24)16-36-8-9-39(3,4)5/h6-7,10-12,34H,8-9,13-16H2,1-5H3,(H2,31,32,38)/t26-/m1/s1. The highest BCUT2D eigenvalue weighted by Gasteiger charge is 2.24. The Bertz CT molecular complexity index is 1280. The number of halogens is 3. The Labute approximate surface area is 238 Å². The molecule has 0 unspecified atom stereocenters. The Morgan fingerprint density at radius 3 is 2.56 bits per heavy atom. The van der Waals surface area contributed by atoms with E-state index in [1.54, 1.807) is 10.8 Å². The van der Waals surface area contributed by atoms with Crippen LogP contribution in [0, 0.1) is 17.0 Å². The fraction of sp³-hybridized carbons (Fsp3) is 0.462. The summed E-state index contributed by atoms with van der Waals surface area (Å²) in [5.41, 5.74) is -0.0126. The lowest BCUT2D eigenvalue weighted by Gasteiger charge is -2.27. The van der Waals surface area contributed by atoms with Crippen LogP contribution < -0.4 is 15.4 Å². The lowest BCUT2D eigenvalue weighted by atomic mass is 9.93. The van der Waals surface area contributed by atoms with Crippen molar-refractivity contribution in [2.24, 2.45) is 5.41 Å². The van der Waals surface area contributed by atoms with Crippen LogP contribution in [0.3, 0.4) is 0 Å². The SMILES string of the molecule is COC[C@@](C)(CO)CNC(=S)Nc1cc(F)c(Oc2ccnc3c2c(Cl)cn3COCC[Si](C)(C)C)c(F)c1. The molecule has 0 spiro atoms. The summed E-state index contributed by atoms with van der Waals surface area (Å²) in [6.45, 7) is 9.95. The van der Waals surface area contributed by atoms with E-state index in [0.717, 1.165) is 18.2 Å². The Morgan fingerprint density at radius 1 is 1.26 bits per heavy atom. The summed E-state index contributed by atoms with van der Waals surface area (Å²) in [5, 5.41) is 16.1. The maximum Gasteiger partial charge on any atom is 0.198 e. The highest BCUT2D eigenvalue weighted by atomic mass is 35.5. The van der Waals surface area contributed by atoms with Crippen LogP contribution in [0.15, 0.2) is 30.6 Å². The van der Waals surface area contributed by atoms with Gasteiger partial charge in [0, 0.05) is 64.0 Å². The fourth-order valence-corrected chi connectivity index (χ4v) is 4.91.